The van der Waals surface area contributed by atoms with Crippen LogP contribution in [0.15, 0.2) is 45.6 Å². The molecule has 0 spiro atoms. The number of aliphatic hydroxyl groups excluding tert-OH is 1. The maximum Gasteiger partial charge on any atom is 0.349 e. The van der Waals surface area contributed by atoms with Gasteiger partial charge in [-0.2, -0.15) is 0 Å². The SMILES string of the molecule is C=C(C)[C@@H]1CC[C@]2(C(=O)NCCNC(=O)c3cc4ccc(N(CC)CC)cc4oc3=O)CC[C@]3(C)[C@H](CC[C@@H]4[C@@]5(C)CC[C@H](O)C(C)(C)[C@@H]5CC[C@]43C)[C@@H]12. The summed E-state index contributed by atoms with van der Waals surface area (Å²) in [6.45, 7) is 25.4. The van der Waals surface area contributed by atoms with E-state index in [1.165, 1.54) is 24.8 Å². The van der Waals surface area contributed by atoms with Crippen LogP contribution in [0.3, 0.4) is 0 Å². The number of fused-ring (bicyclic) bond motifs is 8. The van der Waals surface area contributed by atoms with Crippen molar-refractivity contribution in [2.24, 2.45) is 56.7 Å². The second-order valence-corrected chi connectivity index (χ2v) is 19.6. The molecule has 7 rings (SSSR count). The normalized spacial score (nSPS) is 38.0. The number of anilines is 1. The van der Waals surface area contributed by atoms with Gasteiger partial charge in [0.15, 0.2) is 0 Å². The van der Waals surface area contributed by atoms with E-state index in [4.69, 9.17) is 4.42 Å². The summed E-state index contributed by atoms with van der Waals surface area (Å²) in [6.07, 6.45) is 10.3. The molecule has 296 valence electrons. The molecule has 0 aliphatic heterocycles. The molecule has 1 heterocycles. The lowest BCUT2D eigenvalue weighted by molar-refractivity contribution is -0.246. The molecule has 5 aliphatic carbocycles. The molecule has 8 nitrogen and oxygen atoms in total. The van der Waals surface area contributed by atoms with E-state index in [0.29, 0.717) is 41.2 Å². The van der Waals surface area contributed by atoms with Gasteiger partial charge in [-0.25, -0.2) is 4.79 Å². The van der Waals surface area contributed by atoms with Crippen LogP contribution in [-0.2, 0) is 4.79 Å². The molecule has 54 heavy (non-hydrogen) atoms. The van der Waals surface area contributed by atoms with E-state index in [2.05, 4.69) is 77.5 Å². The molecular formula is C46H67N3O5. The van der Waals surface area contributed by atoms with Crippen LogP contribution in [0.2, 0.25) is 0 Å². The molecular weight excluding hydrogens is 675 g/mol. The van der Waals surface area contributed by atoms with Gasteiger partial charge in [-0.3, -0.25) is 9.59 Å². The Morgan fingerprint density at radius 1 is 0.870 bits per heavy atom. The number of nitrogens with one attached hydrogen (secondary N) is 2. The van der Waals surface area contributed by atoms with Crippen molar-refractivity contribution in [3.63, 3.8) is 0 Å². The van der Waals surface area contributed by atoms with Crippen molar-refractivity contribution in [3.05, 3.63) is 52.4 Å². The number of aliphatic hydroxyl groups is 1. The first-order valence-corrected chi connectivity index (χ1v) is 21.2. The van der Waals surface area contributed by atoms with Crippen molar-refractivity contribution >= 4 is 28.5 Å². The van der Waals surface area contributed by atoms with Crippen LogP contribution in [0, 0.1) is 56.7 Å². The average Bonchev–Trinajstić information content (AvgIpc) is 3.53. The minimum absolute atomic E-state index is 0.0327. The van der Waals surface area contributed by atoms with Crippen LogP contribution in [0.4, 0.5) is 5.69 Å². The third kappa shape index (κ3) is 5.72. The van der Waals surface area contributed by atoms with Gasteiger partial charge in [0.2, 0.25) is 5.91 Å². The molecule has 0 saturated heterocycles. The van der Waals surface area contributed by atoms with E-state index in [-0.39, 0.29) is 51.7 Å². The molecule has 10 atom stereocenters. The fourth-order valence-corrected chi connectivity index (χ4v) is 14.2. The van der Waals surface area contributed by atoms with E-state index < -0.39 is 16.9 Å². The monoisotopic (exact) mass is 742 g/mol. The highest BCUT2D eigenvalue weighted by molar-refractivity contribution is 5.97. The van der Waals surface area contributed by atoms with Crippen molar-refractivity contribution in [3.8, 4) is 0 Å². The van der Waals surface area contributed by atoms with Crippen LogP contribution >= 0.6 is 0 Å². The molecule has 5 aliphatic rings. The highest BCUT2D eigenvalue weighted by Gasteiger charge is 2.71. The largest absolute Gasteiger partial charge is 0.422 e. The molecule has 3 N–H and O–H groups in total. The summed E-state index contributed by atoms with van der Waals surface area (Å²) in [7, 11) is 0. The number of benzene rings is 1. The number of nitrogens with zero attached hydrogens (tertiary/aromatic N) is 1. The molecule has 1 aromatic heterocycles. The van der Waals surface area contributed by atoms with Crippen molar-refractivity contribution < 1.29 is 19.1 Å². The Balaban J connectivity index is 1.05. The van der Waals surface area contributed by atoms with Gasteiger partial charge in [-0.05, 0) is 154 Å². The Labute approximate surface area is 323 Å². The molecule has 8 heteroatoms. The van der Waals surface area contributed by atoms with Crippen LogP contribution in [0.1, 0.15) is 130 Å². The Bertz CT molecular complexity index is 1860. The fraction of sp³-hybridized carbons (Fsp3) is 0.717. The molecule has 5 fully saturated rings. The zero-order valence-electron chi connectivity index (χ0n) is 34.4. The smallest absolute Gasteiger partial charge is 0.349 e. The summed E-state index contributed by atoms with van der Waals surface area (Å²) < 4.78 is 5.60. The first-order valence-electron chi connectivity index (χ1n) is 21.2. The first kappa shape index (κ1) is 39.1. The van der Waals surface area contributed by atoms with Gasteiger partial charge >= 0.3 is 5.63 Å². The van der Waals surface area contributed by atoms with E-state index >= 15 is 0 Å². The molecule has 0 radical (unpaired) electrons. The van der Waals surface area contributed by atoms with Crippen LogP contribution in [0.5, 0.6) is 0 Å². The lowest BCUT2D eigenvalue weighted by atomic mass is 9.32. The van der Waals surface area contributed by atoms with E-state index in [1.54, 1.807) is 6.07 Å². The Morgan fingerprint density at radius 2 is 1.59 bits per heavy atom. The maximum atomic E-state index is 14.5. The predicted molar refractivity (Wildman–Crippen MR) is 216 cm³/mol. The predicted octanol–water partition coefficient (Wildman–Crippen LogP) is 8.50. The first-order chi connectivity index (χ1) is 25.5. The number of hydrogen-bond donors (Lipinski definition) is 3. The summed E-state index contributed by atoms with van der Waals surface area (Å²) in [5, 5.41) is 17.9. The number of rotatable bonds is 9. The van der Waals surface area contributed by atoms with Gasteiger partial charge in [0.1, 0.15) is 11.1 Å². The summed E-state index contributed by atoms with van der Waals surface area (Å²) >= 11 is 0. The summed E-state index contributed by atoms with van der Waals surface area (Å²) in [5.74, 6) is 1.78. The van der Waals surface area contributed by atoms with Crippen LogP contribution < -0.4 is 21.2 Å². The minimum atomic E-state index is -0.666. The lowest BCUT2D eigenvalue weighted by Gasteiger charge is -2.72. The number of amides is 2. The second kappa shape index (κ2) is 13.8. The number of carbonyl (C=O) groups excluding carboxylic acids is 2. The van der Waals surface area contributed by atoms with Gasteiger partial charge in [-0.15, -0.1) is 0 Å². The van der Waals surface area contributed by atoms with Gasteiger partial charge in [0.25, 0.3) is 5.91 Å². The Hall–Kier alpha value is -3.13. The van der Waals surface area contributed by atoms with Crippen LogP contribution in [0.25, 0.3) is 11.0 Å². The summed E-state index contributed by atoms with van der Waals surface area (Å²) in [4.78, 5) is 42.8. The summed E-state index contributed by atoms with van der Waals surface area (Å²) in [5.41, 5.74) is 1.94. The Morgan fingerprint density at radius 3 is 2.30 bits per heavy atom. The molecule has 0 unspecified atom stereocenters. The minimum Gasteiger partial charge on any atom is -0.422 e. The van der Waals surface area contributed by atoms with E-state index in [0.717, 1.165) is 63.7 Å². The molecule has 5 saturated carbocycles. The van der Waals surface area contributed by atoms with Gasteiger partial charge in [-0.1, -0.05) is 46.8 Å². The van der Waals surface area contributed by atoms with E-state index in [9.17, 15) is 19.5 Å². The van der Waals surface area contributed by atoms with Gasteiger partial charge in [0, 0.05) is 43.3 Å². The average molecular weight is 742 g/mol. The maximum absolute atomic E-state index is 14.5. The van der Waals surface area contributed by atoms with Gasteiger partial charge in [0.05, 0.1) is 11.5 Å². The van der Waals surface area contributed by atoms with Crippen molar-refractivity contribution in [2.45, 2.75) is 126 Å². The number of allylic oxidation sites excluding steroid dienone is 1. The standard InChI is InChI=1S/C46H67N3O5/c1-10-49(11-2)30-13-12-29-26-32(40(52)54-34(29)27-30)39(51)47-24-25-48-41(53)46-21-16-31(28(3)4)38(46)33-14-15-36-43(7)19-18-37(50)42(5,6)35(43)17-20-45(36,9)44(33,8)22-23-46/h12-13,26-27,31,33,35-38,50H,3,10-11,14-25H2,1-2,4-9H3,(H,47,51)(H,48,53)/t31-,33+,35-,36+,37-,38+,43-,44+,45+,46-/m0/s1. The second-order valence-electron chi connectivity index (χ2n) is 19.6. The number of carbonyl (C=O) groups is 2. The molecule has 0 bridgehead atoms. The zero-order valence-corrected chi connectivity index (χ0v) is 34.4. The van der Waals surface area contributed by atoms with Crippen molar-refractivity contribution in [2.75, 3.05) is 31.1 Å². The molecule has 1 aromatic carbocycles. The highest BCUT2D eigenvalue weighted by atomic mass is 16.4. The van der Waals surface area contributed by atoms with E-state index in [1.807, 2.05) is 18.2 Å². The highest BCUT2D eigenvalue weighted by Crippen LogP contribution is 2.77. The topological polar surface area (TPSA) is 112 Å². The third-order valence-corrected chi connectivity index (χ3v) is 17.3. The van der Waals surface area contributed by atoms with Gasteiger partial charge < -0.3 is 25.1 Å². The number of hydrogen-bond acceptors (Lipinski definition) is 6. The summed E-state index contributed by atoms with van der Waals surface area (Å²) in [6, 6.07) is 7.31. The van der Waals surface area contributed by atoms with Crippen LogP contribution in [-0.4, -0.2) is 49.2 Å². The molecule has 2 aromatic rings. The van der Waals surface area contributed by atoms with Crippen molar-refractivity contribution in [1.82, 2.24) is 10.6 Å². The van der Waals surface area contributed by atoms with Crippen molar-refractivity contribution in [1.29, 1.82) is 0 Å². The molecule has 2 amide bonds. The third-order valence-electron chi connectivity index (χ3n) is 17.3. The zero-order chi connectivity index (χ0) is 39.0. The quantitative estimate of drug-likeness (QED) is 0.135. The Kier molecular flexibility index (Phi) is 10.0. The lowest BCUT2D eigenvalue weighted by Crippen LogP contribution is -2.67. The fourth-order valence-electron chi connectivity index (χ4n) is 14.2.